The molecule has 1 aliphatic heterocycles. The fourth-order valence-corrected chi connectivity index (χ4v) is 3.38. The molecule has 0 amide bonds. The molecule has 1 atom stereocenters. The zero-order valence-corrected chi connectivity index (χ0v) is 16.7. The molecular formula is C21H31N5. The minimum atomic E-state index is 0.435. The van der Waals surface area contributed by atoms with Gasteiger partial charge in [-0.15, -0.1) is 0 Å². The summed E-state index contributed by atoms with van der Waals surface area (Å²) in [5, 5.41) is 3.31. The summed E-state index contributed by atoms with van der Waals surface area (Å²) in [6.07, 6.45) is 5.44. The first-order valence-electron chi connectivity index (χ1n) is 9.38. The molecule has 2 rings (SSSR count). The molecule has 140 valence electrons. The molecule has 5 heteroatoms. The van der Waals surface area contributed by atoms with E-state index in [2.05, 4.69) is 58.3 Å². The molecule has 0 saturated heterocycles. The monoisotopic (exact) mass is 353 g/mol. The number of aliphatic imine (C=N–C) groups is 3. The van der Waals surface area contributed by atoms with Gasteiger partial charge in [-0.25, -0.2) is 9.98 Å². The van der Waals surface area contributed by atoms with Crippen molar-refractivity contribution in [3.05, 3.63) is 41.3 Å². The van der Waals surface area contributed by atoms with E-state index in [1.807, 2.05) is 20.9 Å². The summed E-state index contributed by atoms with van der Waals surface area (Å²) in [4.78, 5) is 15.9. The maximum atomic E-state index is 4.81. The molecule has 0 aromatic heterocycles. The Morgan fingerprint density at radius 3 is 2.77 bits per heavy atom. The molecule has 0 radical (unpaired) electrons. The number of para-hydroxylation sites is 1. The minimum Gasteiger partial charge on any atom is -0.324 e. The maximum absolute atomic E-state index is 4.81. The van der Waals surface area contributed by atoms with Crippen molar-refractivity contribution in [2.45, 2.75) is 46.5 Å². The number of likely N-dealkylation sites (N-methyl/N-ethyl adjacent to an activating group) is 1. The highest BCUT2D eigenvalue weighted by molar-refractivity contribution is 5.83. The number of fused-ring (bicyclic) bond motifs is 1. The van der Waals surface area contributed by atoms with Gasteiger partial charge in [0.25, 0.3) is 0 Å². The molecule has 26 heavy (non-hydrogen) atoms. The molecule has 5 nitrogen and oxygen atoms in total. The topological polar surface area (TPSA) is 52.4 Å². The molecule has 0 bridgehead atoms. The number of hydrogen-bond acceptors (Lipinski definition) is 4. The molecule has 1 unspecified atom stereocenters. The van der Waals surface area contributed by atoms with Crippen LogP contribution in [0.4, 0.5) is 5.69 Å². The lowest BCUT2D eigenvalue weighted by molar-refractivity contribution is 0.652. The second-order valence-electron chi connectivity index (χ2n) is 6.58. The van der Waals surface area contributed by atoms with Gasteiger partial charge >= 0.3 is 0 Å². The number of benzene rings is 1. The van der Waals surface area contributed by atoms with Crippen molar-refractivity contribution in [3.63, 3.8) is 0 Å². The molecule has 1 aromatic rings. The zero-order chi connectivity index (χ0) is 18.9. The minimum absolute atomic E-state index is 0.435. The number of nitrogens with one attached hydrogen (secondary N) is 1. The Morgan fingerprint density at radius 1 is 1.31 bits per heavy atom. The third-order valence-electron chi connectivity index (χ3n) is 4.47. The molecule has 0 saturated carbocycles. The van der Waals surface area contributed by atoms with Crippen LogP contribution in [-0.4, -0.2) is 38.4 Å². The Hall–Kier alpha value is -2.27. The van der Waals surface area contributed by atoms with E-state index in [-0.39, 0.29) is 0 Å². The van der Waals surface area contributed by atoms with Gasteiger partial charge in [-0.2, -0.15) is 0 Å². The van der Waals surface area contributed by atoms with E-state index in [1.165, 1.54) is 11.3 Å². The van der Waals surface area contributed by atoms with Gasteiger partial charge in [-0.05, 0) is 45.9 Å². The van der Waals surface area contributed by atoms with Crippen molar-refractivity contribution in [3.8, 4) is 0 Å². The van der Waals surface area contributed by atoms with Crippen LogP contribution < -0.4 is 10.2 Å². The standard InChI is InChI=1S/C21H31N5/c1-6-10-16(3)25-17(4)21(24-15-23-7-2)26-14-18(13-22-5)19-11-8-9-12-20(19)26/h7-9,11-12,15,18,22H,6,10,13-14H2,1-5H3/b21-17-,23-7?,24-15-,25-16?. The molecule has 1 N–H and O–H groups in total. The fraction of sp³-hybridized carbons (Fsp3) is 0.476. The lowest BCUT2D eigenvalue weighted by Crippen LogP contribution is -2.25. The first-order valence-corrected chi connectivity index (χ1v) is 9.38. The highest BCUT2D eigenvalue weighted by Crippen LogP contribution is 2.39. The van der Waals surface area contributed by atoms with Gasteiger partial charge in [0.15, 0.2) is 5.82 Å². The van der Waals surface area contributed by atoms with E-state index < -0.39 is 0 Å². The van der Waals surface area contributed by atoms with Gasteiger partial charge in [-0.1, -0.05) is 31.5 Å². The SMILES string of the molecule is CC=N/C=N\C(=C(/C)N=C(C)CCC)N1CC(CNC)c2ccccc21. The van der Waals surface area contributed by atoms with Gasteiger partial charge < -0.3 is 10.2 Å². The average molecular weight is 354 g/mol. The van der Waals surface area contributed by atoms with Crippen molar-refractivity contribution < 1.29 is 0 Å². The number of nitrogens with zero attached hydrogens (tertiary/aromatic N) is 4. The van der Waals surface area contributed by atoms with E-state index >= 15 is 0 Å². The molecule has 0 aliphatic carbocycles. The van der Waals surface area contributed by atoms with Crippen LogP contribution in [0, 0.1) is 0 Å². The van der Waals surface area contributed by atoms with E-state index in [0.29, 0.717) is 5.92 Å². The van der Waals surface area contributed by atoms with Gasteiger partial charge in [0.05, 0.1) is 5.70 Å². The van der Waals surface area contributed by atoms with Crippen LogP contribution >= 0.6 is 0 Å². The smallest absolute Gasteiger partial charge is 0.156 e. The van der Waals surface area contributed by atoms with Crippen LogP contribution in [0.2, 0.25) is 0 Å². The number of allylic oxidation sites excluding steroid dienone is 1. The zero-order valence-electron chi connectivity index (χ0n) is 16.7. The number of rotatable bonds is 8. The van der Waals surface area contributed by atoms with Crippen LogP contribution in [0.15, 0.2) is 50.8 Å². The first-order chi connectivity index (χ1) is 12.6. The van der Waals surface area contributed by atoms with E-state index in [4.69, 9.17) is 4.99 Å². The van der Waals surface area contributed by atoms with Crippen molar-refractivity contribution in [1.82, 2.24) is 5.32 Å². The fourth-order valence-electron chi connectivity index (χ4n) is 3.38. The highest BCUT2D eigenvalue weighted by Gasteiger charge is 2.30. The van der Waals surface area contributed by atoms with Gasteiger partial charge in [0, 0.05) is 36.6 Å². The second kappa shape index (κ2) is 10.0. The summed E-state index contributed by atoms with van der Waals surface area (Å²) in [6, 6.07) is 8.57. The summed E-state index contributed by atoms with van der Waals surface area (Å²) in [7, 11) is 2.00. The van der Waals surface area contributed by atoms with Gasteiger partial charge in [0.1, 0.15) is 6.34 Å². The Kier molecular flexibility index (Phi) is 7.73. The molecular weight excluding hydrogens is 322 g/mol. The summed E-state index contributed by atoms with van der Waals surface area (Å²) < 4.78 is 0. The third kappa shape index (κ3) is 4.88. The number of hydrogen-bond donors (Lipinski definition) is 1. The normalized spacial score (nSPS) is 18.7. The lowest BCUT2D eigenvalue weighted by Gasteiger charge is -2.21. The van der Waals surface area contributed by atoms with Crippen LogP contribution in [-0.2, 0) is 0 Å². The summed E-state index contributed by atoms with van der Waals surface area (Å²) in [5.41, 5.74) is 4.63. The average Bonchev–Trinajstić information content (AvgIpc) is 2.98. The third-order valence-corrected chi connectivity index (χ3v) is 4.47. The van der Waals surface area contributed by atoms with Crippen molar-refractivity contribution in [2.24, 2.45) is 15.0 Å². The lowest BCUT2D eigenvalue weighted by atomic mass is 10.0. The van der Waals surface area contributed by atoms with E-state index in [1.54, 1.807) is 12.6 Å². The Morgan fingerprint density at radius 2 is 2.08 bits per heavy atom. The van der Waals surface area contributed by atoms with Crippen LogP contribution in [0.25, 0.3) is 0 Å². The predicted molar refractivity (Wildman–Crippen MR) is 114 cm³/mol. The van der Waals surface area contributed by atoms with Crippen LogP contribution in [0.1, 0.15) is 52.0 Å². The first kappa shape index (κ1) is 20.0. The summed E-state index contributed by atoms with van der Waals surface area (Å²) in [6.45, 7) is 10.0. The van der Waals surface area contributed by atoms with E-state index in [9.17, 15) is 0 Å². The Labute approximate surface area is 157 Å². The largest absolute Gasteiger partial charge is 0.324 e. The molecule has 0 fully saturated rings. The molecule has 0 spiro atoms. The van der Waals surface area contributed by atoms with Crippen LogP contribution in [0.3, 0.4) is 0 Å². The Balaban J connectivity index is 2.47. The maximum Gasteiger partial charge on any atom is 0.156 e. The van der Waals surface area contributed by atoms with Crippen molar-refractivity contribution in [1.29, 1.82) is 0 Å². The molecule has 1 aromatic carbocycles. The summed E-state index contributed by atoms with van der Waals surface area (Å²) in [5.74, 6) is 1.31. The second-order valence-corrected chi connectivity index (χ2v) is 6.58. The van der Waals surface area contributed by atoms with E-state index in [0.717, 1.165) is 43.2 Å². The molecule has 1 heterocycles. The quantitative estimate of drug-likeness (QED) is 0.557. The van der Waals surface area contributed by atoms with Gasteiger partial charge in [0.2, 0.25) is 0 Å². The van der Waals surface area contributed by atoms with Gasteiger partial charge in [-0.3, -0.25) is 4.99 Å². The van der Waals surface area contributed by atoms with Crippen molar-refractivity contribution >= 4 is 24.0 Å². The van der Waals surface area contributed by atoms with Crippen molar-refractivity contribution in [2.75, 3.05) is 25.0 Å². The highest BCUT2D eigenvalue weighted by atomic mass is 15.3. The number of anilines is 1. The predicted octanol–water partition coefficient (Wildman–Crippen LogP) is 4.38. The Bertz CT molecular complexity index is 715. The summed E-state index contributed by atoms with van der Waals surface area (Å²) >= 11 is 0. The molecule has 1 aliphatic rings. The van der Waals surface area contributed by atoms with Crippen LogP contribution in [0.5, 0.6) is 0 Å².